The van der Waals surface area contributed by atoms with Crippen molar-refractivity contribution in [2.45, 2.75) is 0 Å². The molecule has 0 aliphatic heterocycles. The fourth-order valence-corrected chi connectivity index (χ4v) is 1.86. The van der Waals surface area contributed by atoms with E-state index in [9.17, 15) is 4.79 Å². The molecule has 0 saturated carbocycles. The molecular formula is C16H18N2O3. The highest BCUT2D eigenvalue weighted by Gasteiger charge is 2.06. The SMILES string of the molecule is COc1cccc(NCC(=O)Nc2ccccc2OC)c1. The van der Waals surface area contributed by atoms with Crippen molar-refractivity contribution in [3.8, 4) is 11.5 Å². The molecule has 2 aromatic rings. The van der Waals surface area contributed by atoms with Gasteiger partial charge >= 0.3 is 0 Å². The van der Waals surface area contributed by atoms with Crippen molar-refractivity contribution in [2.24, 2.45) is 0 Å². The van der Waals surface area contributed by atoms with Gasteiger partial charge < -0.3 is 20.1 Å². The van der Waals surface area contributed by atoms with Crippen LogP contribution in [-0.4, -0.2) is 26.7 Å². The topological polar surface area (TPSA) is 59.6 Å². The minimum atomic E-state index is -0.151. The second kappa shape index (κ2) is 7.19. The summed E-state index contributed by atoms with van der Waals surface area (Å²) in [6, 6.07) is 14.7. The van der Waals surface area contributed by atoms with Gasteiger partial charge in [-0.05, 0) is 24.3 Å². The molecule has 0 spiro atoms. The first-order valence-electron chi connectivity index (χ1n) is 6.53. The highest BCUT2D eigenvalue weighted by atomic mass is 16.5. The summed E-state index contributed by atoms with van der Waals surface area (Å²) in [5, 5.41) is 5.85. The summed E-state index contributed by atoms with van der Waals surface area (Å²) in [4.78, 5) is 11.9. The fourth-order valence-electron chi connectivity index (χ4n) is 1.86. The van der Waals surface area contributed by atoms with E-state index in [1.54, 1.807) is 26.4 Å². The normalized spacial score (nSPS) is 9.81. The van der Waals surface area contributed by atoms with Crippen LogP contribution >= 0.6 is 0 Å². The Balaban J connectivity index is 1.92. The van der Waals surface area contributed by atoms with Crippen LogP contribution in [-0.2, 0) is 4.79 Å². The zero-order chi connectivity index (χ0) is 15.1. The second-order valence-electron chi connectivity index (χ2n) is 4.33. The van der Waals surface area contributed by atoms with Gasteiger partial charge in [-0.3, -0.25) is 4.79 Å². The van der Waals surface area contributed by atoms with E-state index < -0.39 is 0 Å². The molecule has 0 bridgehead atoms. The van der Waals surface area contributed by atoms with Gasteiger partial charge in [-0.15, -0.1) is 0 Å². The third-order valence-electron chi connectivity index (χ3n) is 2.90. The van der Waals surface area contributed by atoms with Crippen molar-refractivity contribution in [2.75, 3.05) is 31.4 Å². The molecule has 0 atom stereocenters. The van der Waals surface area contributed by atoms with Crippen molar-refractivity contribution >= 4 is 17.3 Å². The summed E-state index contributed by atoms with van der Waals surface area (Å²) in [5.41, 5.74) is 1.47. The molecule has 5 heteroatoms. The van der Waals surface area contributed by atoms with Gasteiger partial charge in [0.1, 0.15) is 11.5 Å². The lowest BCUT2D eigenvalue weighted by molar-refractivity contribution is -0.114. The quantitative estimate of drug-likeness (QED) is 0.857. The second-order valence-corrected chi connectivity index (χ2v) is 4.33. The van der Waals surface area contributed by atoms with Crippen LogP contribution in [0.1, 0.15) is 0 Å². The molecule has 0 radical (unpaired) electrons. The molecule has 5 nitrogen and oxygen atoms in total. The monoisotopic (exact) mass is 286 g/mol. The van der Waals surface area contributed by atoms with Gasteiger partial charge in [-0.25, -0.2) is 0 Å². The number of para-hydroxylation sites is 2. The molecule has 0 unspecified atom stereocenters. The lowest BCUT2D eigenvalue weighted by Crippen LogP contribution is -2.22. The molecule has 2 rings (SSSR count). The van der Waals surface area contributed by atoms with Crippen LogP contribution in [0.3, 0.4) is 0 Å². The molecule has 1 amide bonds. The first-order valence-corrected chi connectivity index (χ1v) is 6.53. The van der Waals surface area contributed by atoms with Crippen molar-refractivity contribution in [3.05, 3.63) is 48.5 Å². The zero-order valence-corrected chi connectivity index (χ0v) is 12.1. The predicted octanol–water partition coefficient (Wildman–Crippen LogP) is 2.75. The van der Waals surface area contributed by atoms with Crippen molar-refractivity contribution in [1.29, 1.82) is 0 Å². The molecule has 2 aromatic carbocycles. The molecule has 0 fully saturated rings. The Morgan fingerprint density at radius 1 is 1.05 bits per heavy atom. The van der Waals surface area contributed by atoms with Crippen LogP contribution in [0.25, 0.3) is 0 Å². The van der Waals surface area contributed by atoms with E-state index >= 15 is 0 Å². The smallest absolute Gasteiger partial charge is 0.243 e. The molecule has 110 valence electrons. The van der Waals surface area contributed by atoms with E-state index in [0.717, 1.165) is 11.4 Å². The number of ether oxygens (including phenoxy) is 2. The number of amides is 1. The van der Waals surface area contributed by atoms with Gasteiger partial charge in [0.2, 0.25) is 5.91 Å². The molecule has 0 aliphatic carbocycles. The Morgan fingerprint density at radius 3 is 2.62 bits per heavy atom. The third kappa shape index (κ3) is 4.14. The number of anilines is 2. The number of hydrogen-bond acceptors (Lipinski definition) is 4. The van der Waals surface area contributed by atoms with Gasteiger partial charge in [0.25, 0.3) is 0 Å². The molecular weight excluding hydrogens is 268 g/mol. The summed E-state index contributed by atoms with van der Waals surface area (Å²) in [5.74, 6) is 1.22. The van der Waals surface area contributed by atoms with E-state index in [1.165, 1.54) is 0 Å². The Labute approximate surface area is 123 Å². The van der Waals surface area contributed by atoms with Crippen LogP contribution in [0.5, 0.6) is 11.5 Å². The number of methoxy groups -OCH3 is 2. The number of benzene rings is 2. The van der Waals surface area contributed by atoms with Crippen LogP contribution in [0.2, 0.25) is 0 Å². The Kier molecular flexibility index (Phi) is 5.04. The largest absolute Gasteiger partial charge is 0.497 e. The molecule has 0 aromatic heterocycles. The van der Waals surface area contributed by atoms with Crippen LogP contribution in [0, 0.1) is 0 Å². The molecule has 0 aliphatic rings. The van der Waals surface area contributed by atoms with E-state index in [0.29, 0.717) is 11.4 Å². The third-order valence-corrected chi connectivity index (χ3v) is 2.90. The Morgan fingerprint density at radius 2 is 1.86 bits per heavy atom. The lowest BCUT2D eigenvalue weighted by atomic mass is 10.3. The summed E-state index contributed by atoms with van der Waals surface area (Å²) in [7, 11) is 3.17. The van der Waals surface area contributed by atoms with Crippen molar-refractivity contribution < 1.29 is 14.3 Å². The highest BCUT2D eigenvalue weighted by molar-refractivity contribution is 5.95. The summed E-state index contributed by atoms with van der Waals surface area (Å²) >= 11 is 0. The number of rotatable bonds is 6. The standard InChI is InChI=1S/C16H18N2O3/c1-20-13-7-5-6-12(10-13)17-11-16(19)18-14-8-3-4-9-15(14)21-2/h3-10,17H,11H2,1-2H3,(H,18,19). The Hall–Kier alpha value is -2.69. The average Bonchev–Trinajstić information content (AvgIpc) is 2.53. The summed E-state index contributed by atoms with van der Waals surface area (Å²) in [6.45, 7) is 0.158. The van der Waals surface area contributed by atoms with E-state index in [-0.39, 0.29) is 12.5 Å². The predicted molar refractivity (Wildman–Crippen MR) is 83.1 cm³/mol. The first-order chi connectivity index (χ1) is 10.2. The van der Waals surface area contributed by atoms with Gasteiger partial charge in [-0.1, -0.05) is 18.2 Å². The summed E-state index contributed by atoms with van der Waals surface area (Å²) in [6.07, 6.45) is 0. The van der Waals surface area contributed by atoms with Crippen molar-refractivity contribution in [1.82, 2.24) is 0 Å². The average molecular weight is 286 g/mol. The van der Waals surface area contributed by atoms with Gasteiger partial charge in [0.15, 0.2) is 0 Å². The van der Waals surface area contributed by atoms with E-state index in [2.05, 4.69) is 10.6 Å². The van der Waals surface area contributed by atoms with Crippen LogP contribution in [0.15, 0.2) is 48.5 Å². The fraction of sp³-hybridized carbons (Fsp3) is 0.188. The number of nitrogens with one attached hydrogen (secondary N) is 2. The number of carbonyl (C=O) groups is 1. The van der Waals surface area contributed by atoms with E-state index in [4.69, 9.17) is 9.47 Å². The zero-order valence-electron chi connectivity index (χ0n) is 12.1. The maximum absolute atomic E-state index is 11.9. The minimum absolute atomic E-state index is 0.151. The van der Waals surface area contributed by atoms with Gasteiger partial charge in [0.05, 0.1) is 26.5 Å². The lowest BCUT2D eigenvalue weighted by Gasteiger charge is -2.11. The maximum atomic E-state index is 11.9. The summed E-state index contributed by atoms with van der Waals surface area (Å²) < 4.78 is 10.3. The maximum Gasteiger partial charge on any atom is 0.243 e. The molecule has 0 heterocycles. The van der Waals surface area contributed by atoms with E-state index in [1.807, 2.05) is 36.4 Å². The number of carbonyl (C=O) groups excluding carboxylic acids is 1. The van der Waals surface area contributed by atoms with Gasteiger partial charge in [-0.2, -0.15) is 0 Å². The molecule has 2 N–H and O–H groups in total. The van der Waals surface area contributed by atoms with Crippen LogP contribution < -0.4 is 20.1 Å². The molecule has 21 heavy (non-hydrogen) atoms. The molecule has 0 saturated heterocycles. The first kappa shape index (κ1) is 14.7. The van der Waals surface area contributed by atoms with Crippen molar-refractivity contribution in [3.63, 3.8) is 0 Å². The minimum Gasteiger partial charge on any atom is -0.497 e. The highest BCUT2D eigenvalue weighted by Crippen LogP contribution is 2.23. The number of hydrogen-bond donors (Lipinski definition) is 2. The van der Waals surface area contributed by atoms with Gasteiger partial charge in [0, 0.05) is 11.8 Å². The van der Waals surface area contributed by atoms with Crippen LogP contribution in [0.4, 0.5) is 11.4 Å². The Bertz CT molecular complexity index is 614.